The maximum atomic E-state index is 5.62. The Kier molecular flexibility index (Phi) is 3.94. The molecule has 1 nitrogen and oxygen atoms in total. The van der Waals surface area contributed by atoms with Crippen molar-refractivity contribution >= 4 is 0 Å². The summed E-state index contributed by atoms with van der Waals surface area (Å²) in [6.07, 6.45) is 0.274. The number of rotatable bonds is 4. The Morgan fingerprint density at radius 1 is 0.882 bits per heavy atom. The monoisotopic (exact) mass is 226 g/mol. The molecule has 0 spiro atoms. The fourth-order valence-corrected chi connectivity index (χ4v) is 1.73. The van der Waals surface area contributed by atoms with Crippen molar-refractivity contribution in [2.75, 3.05) is 0 Å². The maximum Gasteiger partial charge on any atom is 0.0720 e. The third-order valence-electron chi connectivity index (χ3n) is 2.62. The Labute approximate surface area is 103 Å². The van der Waals surface area contributed by atoms with Crippen LogP contribution < -0.4 is 0 Å². The van der Waals surface area contributed by atoms with Crippen LogP contribution in [0.2, 0.25) is 0 Å². The zero-order valence-corrected chi connectivity index (χ0v) is 10.4. The summed E-state index contributed by atoms with van der Waals surface area (Å²) in [5.41, 5.74) is 3.72. The summed E-state index contributed by atoms with van der Waals surface area (Å²) in [5.74, 6) is 0. The lowest BCUT2D eigenvalue weighted by Gasteiger charge is -2.09. The lowest BCUT2D eigenvalue weighted by Crippen LogP contribution is -2.02. The maximum absolute atomic E-state index is 5.62. The van der Waals surface area contributed by atoms with Crippen molar-refractivity contribution in [3.05, 3.63) is 60.2 Å². The Morgan fingerprint density at radius 3 is 2.29 bits per heavy atom. The van der Waals surface area contributed by atoms with E-state index in [0.29, 0.717) is 6.61 Å². The minimum Gasteiger partial charge on any atom is -0.374 e. The first-order chi connectivity index (χ1) is 8.25. The molecule has 0 radical (unpaired) electrons. The molecule has 0 atom stereocenters. The zero-order valence-electron chi connectivity index (χ0n) is 10.4. The van der Waals surface area contributed by atoms with E-state index in [1.165, 1.54) is 16.7 Å². The van der Waals surface area contributed by atoms with Crippen LogP contribution in [0.1, 0.15) is 19.4 Å². The summed E-state index contributed by atoms with van der Waals surface area (Å²) in [6.45, 7) is 4.79. The Hall–Kier alpha value is -1.60. The molecular formula is C16H18O. The van der Waals surface area contributed by atoms with Crippen LogP contribution in [0, 0.1) is 0 Å². The van der Waals surface area contributed by atoms with Gasteiger partial charge in [0, 0.05) is 0 Å². The van der Waals surface area contributed by atoms with E-state index in [9.17, 15) is 0 Å². The summed E-state index contributed by atoms with van der Waals surface area (Å²) < 4.78 is 5.62. The fourth-order valence-electron chi connectivity index (χ4n) is 1.73. The molecule has 0 aromatic heterocycles. The van der Waals surface area contributed by atoms with Crippen molar-refractivity contribution in [3.8, 4) is 11.1 Å². The highest BCUT2D eigenvalue weighted by Gasteiger charge is 2.00. The predicted molar refractivity (Wildman–Crippen MR) is 71.8 cm³/mol. The molecule has 0 saturated carbocycles. The highest BCUT2D eigenvalue weighted by atomic mass is 16.5. The predicted octanol–water partition coefficient (Wildman–Crippen LogP) is 4.28. The molecule has 2 aromatic rings. The Morgan fingerprint density at radius 2 is 1.59 bits per heavy atom. The molecule has 0 aliphatic heterocycles. The molecule has 0 N–H and O–H groups in total. The molecule has 0 aliphatic rings. The molecule has 2 aromatic carbocycles. The Balaban J connectivity index is 2.17. The summed E-state index contributed by atoms with van der Waals surface area (Å²) in [7, 11) is 0. The molecular weight excluding hydrogens is 208 g/mol. The molecule has 0 bridgehead atoms. The van der Waals surface area contributed by atoms with Gasteiger partial charge < -0.3 is 4.74 Å². The van der Waals surface area contributed by atoms with E-state index in [-0.39, 0.29) is 6.10 Å². The fraction of sp³-hybridized carbons (Fsp3) is 0.250. The van der Waals surface area contributed by atoms with Crippen LogP contribution in [0.4, 0.5) is 0 Å². The van der Waals surface area contributed by atoms with Crippen molar-refractivity contribution in [2.24, 2.45) is 0 Å². The summed E-state index contributed by atoms with van der Waals surface area (Å²) in [4.78, 5) is 0. The minimum atomic E-state index is 0.274. The average molecular weight is 226 g/mol. The van der Waals surface area contributed by atoms with E-state index in [1.54, 1.807) is 0 Å². The van der Waals surface area contributed by atoms with Crippen molar-refractivity contribution in [1.29, 1.82) is 0 Å². The van der Waals surface area contributed by atoms with Gasteiger partial charge in [-0.3, -0.25) is 0 Å². The van der Waals surface area contributed by atoms with Crippen LogP contribution in [0.25, 0.3) is 11.1 Å². The number of benzene rings is 2. The summed E-state index contributed by atoms with van der Waals surface area (Å²) in [6, 6.07) is 18.9. The second-order valence-corrected chi connectivity index (χ2v) is 4.43. The van der Waals surface area contributed by atoms with Gasteiger partial charge in [0.1, 0.15) is 0 Å². The number of hydrogen-bond acceptors (Lipinski definition) is 1. The van der Waals surface area contributed by atoms with Gasteiger partial charge in [-0.1, -0.05) is 48.5 Å². The summed E-state index contributed by atoms with van der Waals surface area (Å²) >= 11 is 0. The van der Waals surface area contributed by atoms with Crippen molar-refractivity contribution in [1.82, 2.24) is 0 Å². The van der Waals surface area contributed by atoms with E-state index in [1.807, 2.05) is 6.07 Å². The smallest absolute Gasteiger partial charge is 0.0720 e. The van der Waals surface area contributed by atoms with Gasteiger partial charge in [-0.2, -0.15) is 0 Å². The molecule has 17 heavy (non-hydrogen) atoms. The van der Waals surface area contributed by atoms with Gasteiger partial charge in [0.05, 0.1) is 12.7 Å². The second-order valence-electron chi connectivity index (χ2n) is 4.43. The van der Waals surface area contributed by atoms with E-state index < -0.39 is 0 Å². The highest BCUT2D eigenvalue weighted by Crippen LogP contribution is 2.20. The Bertz CT molecular complexity index is 460. The van der Waals surface area contributed by atoms with Gasteiger partial charge in [0.25, 0.3) is 0 Å². The van der Waals surface area contributed by atoms with Crippen LogP contribution in [0.3, 0.4) is 0 Å². The van der Waals surface area contributed by atoms with E-state index in [0.717, 1.165) is 0 Å². The molecule has 2 rings (SSSR count). The third kappa shape index (κ3) is 3.43. The van der Waals surface area contributed by atoms with E-state index in [2.05, 4.69) is 62.4 Å². The van der Waals surface area contributed by atoms with Crippen LogP contribution >= 0.6 is 0 Å². The van der Waals surface area contributed by atoms with Gasteiger partial charge in [-0.15, -0.1) is 0 Å². The largest absolute Gasteiger partial charge is 0.374 e. The van der Waals surface area contributed by atoms with Crippen molar-refractivity contribution in [2.45, 2.75) is 26.6 Å². The molecule has 0 saturated heterocycles. The van der Waals surface area contributed by atoms with Crippen molar-refractivity contribution in [3.63, 3.8) is 0 Å². The first-order valence-corrected chi connectivity index (χ1v) is 6.01. The molecule has 0 amide bonds. The van der Waals surface area contributed by atoms with Crippen molar-refractivity contribution < 1.29 is 4.74 Å². The van der Waals surface area contributed by atoms with Crippen LogP contribution in [-0.4, -0.2) is 6.10 Å². The summed E-state index contributed by atoms with van der Waals surface area (Å²) in [5, 5.41) is 0. The number of hydrogen-bond donors (Lipinski definition) is 0. The quantitative estimate of drug-likeness (QED) is 0.756. The topological polar surface area (TPSA) is 9.23 Å². The van der Waals surface area contributed by atoms with E-state index in [4.69, 9.17) is 4.74 Å². The second kappa shape index (κ2) is 5.65. The zero-order chi connectivity index (χ0) is 12.1. The van der Waals surface area contributed by atoms with Gasteiger partial charge in [-0.25, -0.2) is 0 Å². The third-order valence-corrected chi connectivity index (χ3v) is 2.62. The normalized spacial score (nSPS) is 10.8. The molecule has 88 valence electrons. The molecule has 1 heteroatoms. The van der Waals surface area contributed by atoms with E-state index >= 15 is 0 Å². The van der Waals surface area contributed by atoms with Gasteiger partial charge in [0.15, 0.2) is 0 Å². The van der Waals surface area contributed by atoms with Gasteiger partial charge in [0.2, 0.25) is 0 Å². The average Bonchev–Trinajstić information content (AvgIpc) is 2.38. The first kappa shape index (κ1) is 11.9. The molecule has 0 unspecified atom stereocenters. The SMILES string of the molecule is CC(C)OCc1cccc(-c2ccccc2)c1. The van der Waals surface area contributed by atoms with Crippen LogP contribution in [0.5, 0.6) is 0 Å². The lowest BCUT2D eigenvalue weighted by atomic mass is 10.0. The molecule has 0 fully saturated rings. The number of ether oxygens (including phenoxy) is 1. The molecule has 0 aliphatic carbocycles. The van der Waals surface area contributed by atoms with Crippen LogP contribution in [-0.2, 0) is 11.3 Å². The first-order valence-electron chi connectivity index (χ1n) is 6.01. The van der Waals surface area contributed by atoms with Gasteiger partial charge >= 0.3 is 0 Å². The minimum absolute atomic E-state index is 0.274. The molecule has 0 heterocycles. The highest BCUT2D eigenvalue weighted by molar-refractivity contribution is 5.63. The standard InChI is InChI=1S/C16H18O/c1-13(2)17-12-14-7-6-10-16(11-14)15-8-4-3-5-9-15/h3-11,13H,12H2,1-2H3. The van der Waals surface area contributed by atoms with Gasteiger partial charge in [-0.05, 0) is 36.6 Å². The van der Waals surface area contributed by atoms with Crippen LogP contribution in [0.15, 0.2) is 54.6 Å². The lowest BCUT2D eigenvalue weighted by molar-refractivity contribution is 0.0657.